The quantitative estimate of drug-likeness (QED) is 0.329. The number of benzene rings is 1. The van der Waals surface area contributed by atoms with Gasteiger partial charge in [0.25, 0.3) is 0 Å². The standard InChI is InChI=1S/C25H32ClFN6O4S/c1-7-38(35,36)33-18-13-15(26)12-16(20(18)27)21-22(32-23(31-21)25(3,4)5)17-10-11-28-19(30-17)9-8-14(2)29-24(34)37-6/h10-14,33H,7-9H2,1-6H3,(H,29,34)(H,31,32)/t14-/m0/s1. The Kier molecular flexibility index (Phi) is 8.98. The summed E-state index contributed by atoms with van der Waals surface area (Å²) in [5.74, 6) is 0.0558. The van der Waals surface area contributed by atoms with Crippen LogP contribution in [0.2, 0.25) is 5.02 Å². The Morgan fingerprint density at radius 1 is 1.26 bits per heavy atom. The number of aryl methyl sites for hydroxylation is 1. The van der Waals surface area contributed by atoms with Gasteiger partial charge in [-0.3, -0.25) is 4.72 Å². The number of carbonyl (C=O) groups is 1. The molecule has 1 aromatic carbocycles. The summed E-state index contributed by atoms with van der Waals surface area (Å²) in [6.07, 6.45) is 2.09. The average molecular weight is 567 g/mol. The fourth-order valence-corrected chi connectivity index (χ4v) is 4.37. The normalized spacial score (nSPS) is 12.7. The van der Waals surface area contributed by atoms with E-state index in [9.17, 15) is 13.2 Å². The summed E-state index contributed by atoms with van der Waals surface area (Å²) in [7, 11) is -2.45. The molecule has 206 valence electrons. The van der Waals surface area contributed by atoms with Crippen molar-refractivity contribution < 1.29 is 22.3 Å². The summed E-state index contributed by atoms with van der Waals surface area (Å²) in [5, 5.41) is 2.83. The zero-order valence-corrected chi connectivity index (χ0v) is 23.7. The van der Waals surface area contributed by atoms with E-state index >= 15 is 4.39 Å². The first kappa shape index (κ1) is 29.3. The number of carbonyl (C=O) groups excluding carboxylic acids is 1. The predicted octanol–water partition coefficient (Wildman–Crippen LogP) is 5.06. The molecule has 0 bridgehead atoms. The molecule has 2 heterocycles. The van der Waals surface area contributed by atoms with Crippen molar-refractivity contribution in [2.45, 2.75) is 58.9 Å². The molecule has 0 spiro atoms. The molecule has 10 nitrogen and oxygen atoms in total. The van der Waals surface area contributed by atoms with E-state index in [0.717, 1.165) is 0 Å². The van der Waals surface area contributed by atoms with Crippen LogP contribution in [-0.4, -0.2) is 53.4 Å². The molecule has 3 aromatic rings. The topological polar surface area (TPSA) is 139 Å². The maximum atomic E-state index is 15.7. The van der Waals surface area contributed by atoms with Gasteiger partial charge in [-0.25, -0.2) is 32.6 Å². The summed E-state index contributed by atoms with van der Waals surface area (Å²) in [5.41, 5.74) is 0.471. The molecule has 0 fully saturated rings. The minimum Gasteiger partial charge on any atom is -0.453 e. The van der Waals surface area contributed by atoms with E-state index in [-0.39, 0.29) is 33.8 Å². The van der Waals surface area contributed by atoms with Crippen LogP contribution < -0.4 is 10.0 Å². The lowest BCUT2D eigenvalue weighted by molar-refractivity contribution is 0.167. The number of H-pyrrole nitrogens is 1. The molecule has 0 saturated heterocycles. The number of nitrogens with one attached hydrogen (secondary N) is 3. The second-order valence-corrected chi connectivity index (χ2v) is 12.3. The largest absolute Gasteiger partial charge is 0.453 e. The van der Waals surface area contributed by atoms with Crippen molar-refractivity contribution in [3.8, 4) is 22.6 Å². The minimum atomic E-state index is -3.75. The molecule has 38 heavy (non-hydrogen) atoms. The number of alkyl carbamates (subject to hydrolysis) is 1. The lowest BCUT2D eigenvalue weighted by Gasteiger charge is -2.14. The second kappa shape index (κ2) is 11.6. The van der Waals surface area contributed by atoms with Gasteiger partial charge in [0.1, 0.15) is 17.3 Å². The third-order valence-electron chi connectivity index (χ3n) is 5.66. The molecule has 1 atom stereocenters. The molecule has 0 radical (unpaired) electrons. The van der Waals surface area contributed by atoms with Crippen LogP contribution >= 0.6 is 11.6 Å². The van der Waals surface area contributed by atoms with E-state index < -0.39 is 27.3 Å². The van der Waals surface area contributed by atoms with Gasteiger partial charge in [0, 0.05) is 34.7 Å². The molecular formula is C25H32ClFN6O4S. The van der Waals surface area contributed by atoms with E-state index in [2.05, 4.69) is 34.7 Å². The molecule has 0 aliphatic heterocycles. The monoisotopic (exact) mass is 566 g/mol. The van der Waals surface area contributed by atoms with E-state index in [0.29, 0.717) is 35.9 Å². The van der Waals surface area contributed by atoms with Gasteiger partial charge in [-0.05, 0) is 38.5 Å². The van der Waals surface area contributed by atoms with Gasteiger partial charge < -0.3 is 15.0 Å². The number of hydrogen-bond donors (Lipinski definition) is 3. The summed E-state index contributed by atoms with van der Waals surface area (Å²) in [6, 6.07) is 4.12. The SMILES string of the molecule is CCS(=O)(=O)Nc1cc(Cl)cc(-c2nc(C(C)(C)C)[nH]c2-c2ccnc(CC[C@H](C)NC(=O)OC)n2)c1F. The molecular weight excluding hydrogens is 535 g/mol. The molecule has 13 heteroatoms. The van der Waals surface area contributed by atoms with Crippen molar-refractivity contribution >= 4 is 33.4 Å². The number of hydrogen-bond acceptors (Lipinski definition) is 7. The Labute approximate surface area is 226 Å². The van der Waals surface area contributed by atoms with Crippen LogP contribution in [0.4, 0.5) is 14.9 Å². The first-order chi connectivity index (χ1) is 17.7. The maximum Gasteiger partial charge on any atom is 0.407 e. The van der Waals surface area contributed by atoms with E-state index in [1.165, 1.54) is 26.2 Å². The smallest absolute Gasteiger partial charge is 0.407 e. The van der Waals surface area contributed by atoms with Crippen molar-refractivity contribution in [1.82, 2.24) is 25.3 Å². The van der Waals surface area contributed by atoms with Crippen LogP contribution in [0.25, 0.3) is 22.6 Å². The van der Waals surface area contributed by atoms with Crippen LogP contribution in [0.3, 0.4) is 0 Å². The molecule has 3 rings (SSSR count). The first-order valence-electron chi connectivity index (χ1n) is 12.0. The summed E-state index contributed by atoms with van der Waals surface area (Å²) >= 11 is 6.28. The van der Waals surface area contributed by atoms with E-state index in [1.807, 2.05) is 27.7 Å². The van der Waals surface area contributed by atoms with Crippen molar-refractivity contribution in [2.24, 2.45) is 0 Å². The van der Waals surface area contributed by atoms with Crippen molar-refractivity contribution in [2.75, 3.05) is 17.6 Å². The Hall–Kier alpha value is -3.25. The van der Waals surface area contributed by atoms with Gasteiger partial charge in [0.15, 0.2) is 5.82 Å². The fourth-order valence-electron chi connectivity index (χ4n) is 3.52. The highest BCUT2D eigenvalue weighted by Crippen LogP contribution is 2.37. The van der Waals surface area contributed by atoms with Gasteiger partial charge in [0.2, 0.25) is 10.0 Å². The van der Waals surface area contributed by atoms with Crippen molar-refractivity contribution in [3.63, 3.8) is 0 Å². The number of sulfonamides is 1. The number of rotatable bonds is 9. The molecule has 0 saturated carbocycles. The van der Waals surface area contributed by atoms with Crippen LogP contribution in [0, 0.1) is 5.82 Å². The number of halogens is 2. The number of aromatic amines is 1. The number of nitrogens with zero attached hydrogens (tertiary/aromatic N) is 3. The third kappa shape index (κ3) is 7.19. The number of methoxy groups -OCH3 is 1. The van der Waals surface area contributed by atoms with Crippen LogP contribution in [0.1, 0.15) is 52.7 Å². The molecule has 1 amide bonds. The van der Waals surface area contributed by atoms with Gasteiger partial charge in [0.05, 0.1) is 29.9 Å². The summed E-state index contributed by atoms with van der Waals surface area (Å²) < 4.78 is 46.9. The highest BCUT2D eigenvalue weighted by molar-refractivity contribution is 7.92. The van der Waals surface area contributed by atoms with Crippen LogP contribution in [0.5, 0.6) is 0 Å². The maximum absolute atomic E-state index is 15.7. The van der Waals surface area contributed by atoms with Gasteiger partial charge >= 0.3 is 6.09 Å². The first-order valence-corrected chi connectivity index (χ1v) is 14.0. The van der Waals surface area contributed by atoms with Gasteiger partial charge in [-0.15, -0.1) is 0 Å². The minimum absolute atomic E-state index is 0.0177. The highest BCUT2D eigenvalue weighted by atomic mass is 35.5. The zero-order chi connectivity index (χ0) is 28.3. The number of aromatic nitrogens is 4. The molecule has 0 unspecified atom stereocenters. The van der Waals surface area contributed by atoms with Gasteiger partial charge in [-0.1, -0.05) is 32.4 Å². The number of ether oxygens (including phenoxy) is 1. The molecule has 0 aliphatic rings. The van der Waals surface area contributed by atoms with E-state index in [4.69, 9.17) is 11.6 Å². The molecule has 2 aromatic heterocycles. The number of amides is 1. The lowest BCUT2D eigenvalue weighted by Crippen LogP contribution is -2.32. The van der Waals surface area contributed by atoms with E-state index in [1.54, 1.807) is 12.3 Å². The number of anilines is 1. The third-order valence-corrected chi connectivity index (χ3v) is 7.17. The predicted molar refractivity (Wildman–Crippen MR) is 145 cm³/mol. The molecule has 3 N–H and O–H groups in total. The van der Waals surface area contributed by atoms with Crippen molar-refractivity contribution in [1.29, 1.82) is 0 Å². The summed E-state index contributed by atoms with van der Waals surface area (Å²) in [4.78, 5) is 28.4. The van der Waals surface area contributed by atoms with Crippen LogP contribution in [-0.2, 0) is 26.6 Å². The molecule has 0 aliphatic carbocycles. The number of imidazole rings is 1. The fraction of sp³-hybridized carbons (Fsp3) is 0.440. The van der Waals surface area contributed by atoms with Crippen molar-refractivity contribution in [3.05, 3.63) is 46.9 Å². The Balaban J connectivity index is 2.07. The zero-order valence-electron chi connectivity index (χ0n) is 22.1. The highest BCUT2D eigenvalue weighted by Gasteiger charge is 2.26. The Morgan fingerprint density at radius 2 is 1.97 bits per heavy atom. The van der Waals surface area contributed by atoms with Gasteiger partial charge in [-0.2, -0.15) is 0 Å². The summed E-state index contributed by atoms with van der Waals surface area (Å²) in [6.45, 7) is 9.16. The van der Waals surface area contributed by atoms with Crippen LogP contribution in [0.15, 0.2) is 24.4 Å². The average Bonchev–Trinajstić information content (AvgIpc) is 3.31. The Bertz CT molecular complexity index is 1420. The second-order valence-electron chi connectivity index (χ2n) is 9.81. The Morgan fingerprint density at radius 3 is 2.61 bits per heavy atom. The lowest BCUT2D eigenvalue weighted by atomic mass is 9.96.